The molecule has 2 heterocycles. The van der Waals surface area contributed by atoms with Crippen molar-refractivity contribution in [3.05, 3.63) is 56.6 Å². The number of amides is 1. The predicted molar refractivity (Wildman–Crippen MR) is 96.8 cm³/mol. The van der Waals surface area contributed by atoms with Gasteiger partial charge >= 0.3 is 0 Å². The van der Waals surface area contributed by atoms with Gasteiger partial charge in [0.15, 0.2) is 5.69 Å². The van der Waals surface area contributed by atoms with E-state index in [2.05, 4.69) is 15.4 Å². The van der Waals surface area contributed by atoms with Crippen LogP contribution in [-0.4, -0.2) is 27.2 Å². The van der Waals surface area contributed by atoms with Crippen molar-refractivity contribution in [2.45, 2.75) is 6.42 Å². The molecular formula is C16H14Cl2N4OS. The molecule has 0 spiro atoms. The second-order valence-corrected chi connectivity index (χ2v) is 6.69. The van der Waals surface area contributed by atoms with E-state index in [1.807, 2.05) is 11.4 Å². The number of nitrogens with one attached hydrogen (secondary N) is 1. The fourth-order valence-corrected chi connectivity index (χ4v) is 3.15. The Labute approximate surface area is 153 Å². The molecule has 0 aliphatic rings. The van der Waals surface area contributed by atoms with Crippen molar-refractivity contribution in [1.29, 1.82) is 0 Å². The number of aromatic nitrogens is 3. The van der Waals surface area contributed by atoms with Crippen molar-refractivity contribution >= 4 is 40.4 Å². The Morgan fingerprint density at radius 2 is 2.12 bits per heavy atom. The molecule has 0 atom stereocenters. The monoisotopic (exact) mass is 380 g/mol. The Kier molecular flexibility index (Phi) is 5.18. The second kappa shape index (κ2) is 7.34. The van der Waals surface area contributed by atoms with Gasteiger partial charge in [0.25, 0.3) is 5.91 Å². The van der Waals surface area contributed by atoms with Crippen LogP contribution in [0.2, 0.25) is 10.0 Å². The molecule has 3 aromatic rings. The summed E-state index contributed by atoms with van der Waals surface area (Å²) in [7, 11) is 1.78. The van der Waals surface area contributed by atoms with Crippen molar-refractivity contribution in [2.24, 2.45) is 7.05 Å². The van der Waals surface area contributed by atoms with Gasteiger partial charge in [0.05, 0.1) is 26.9 Å². The van der Waals surface area contributed by atoms with Gasteiger partial charge in [-0.05, 0) is 18.2 Å². The van der Waals surface area contributed by atoms with Crippen LogP contribution in [-0.2, 0) is 13.5 Å². The van der Waals surface area contributed by atoms with E-state index in [-0.39, 0.29) is 5.91 Å². The zero-order chi connectivity index (χ0) is 17.1. The molecule has 0 aliphatic carbocycles. The maximum absolute atomic E-state index is 12.2. The van der Waals surface area contributed by atoms with Crippen molar-refractivity contribution in [3.8, 4) is 11.3 Å². The molecule has 1 amide bonds. The van der Waals surface area contributed by atoms with Gasteiger partial charge in [-0.3, -0.25) is 9.48 Å². The molecular weight excluding hydrogens is 367 g/mol. The lowest BCUT2D eigenvalue weighted by molar-refractivity contribution is 0.0948. The molecule has 0 bridgehead atoms. The number of benzene rings is 1. The Bertz CT molecular complexity index is 861. The van der Waals surface area contributed by atoms with Gasteiger partial charge in [-0.15, -0.1) is 11.3 Å². The highest BCUT2D eigenvalue weighted by atomic mass is 35.5. The fourth-order valence-electron chi connectivity index (χ4n) is 2.26. The lowest BCUT2D eigenvalue weighted by Gasteiger charge is -2.03. The van der Waals surface area contributed by atoms with E-state index in [4.69, 9.17) is 23.2 Å². The lowest BCUT2D eigenvalue weighted by atomic mass is 10.1. The van der Waals surface area contributed by atoms with Crippen LogP contribution in [0.3, 0.4) is 0 Å². The van der Waals surface area contributed by atoms with E-state index in [0.717, 1.165) is 17.0 Å². The minimum Gasteiger partial charge on any atom is -0.350 e. The maximum atomic E-state index is 12.2. The number of aryl methyl sites for hydroxylation is 1. The van der Waals surface area contributed by atoms with Crippen LogP contribution in [0, 0.1) is 0 Å². The highest BCUT2D eigenvalue weighted by molar-refractivity contribution is 7.07. The van der Waals surface area contributed by atoms with Crippen molar-refractivity contribution in [3.63, 3.8) is 0 Å². The largest absolute Gasteiger partial charge is 0.350 e. The van der Waals surface area contributed by atoms with Crippen LogP contribution in [0.4, 0.5) is 0 Å². The molecule has 8 heteroatoms. The molecule has 0 fully saturated rings. The van der Waals surface area contributed by atoms with Gasteiger partial charge in [-0.25, -0.2) is 4.98 Å². The molecule has 1 aromatic carbocycles. The number of nitrogens with zero attached hydrogens (tertiary/aromatic N) is 3. The first kappa shape index (κ1) is 17.0. The second-order valence-electron chi connectivity index (χ2n) is 5.15. The summed E-state index contributed by atoms with van der Waals surface area (Å²) in [5, 5.41) is 10.0. The first-order chi connectivity index (χ1) is 11.5. The van der Waals surface area contributed by atoms with E-state index in [1.165, 1.54) is 0 Å². The Hall–Kier alpha value is -1.89. The summed E-state index contributed by atoms with van der Waals surface area (Å²) in [5.41, 5.74) is 4.74. The van der Waals surface area contributed by atoms with Crippen LogP contribution >= 0.6 is 34.5 Å². The number of hydrogen-bond acceptors (Lipinski definition) is 4. The zero-order valence-corrected chi connectivity index (χ0v) is 15.1. The van der Waals surface area contributed by atoms with Crippen LogP contribution in [0.15, 0.2) is 35.2 Å². The van der Waals surface area contributed by atoms with Gasteiger partial charge < -0.3 is 5.32 Å². The van der Waals surface area contributed by atoms with Crippen LogP contribution < -0.4 is 5.32 Å². The maximum Gasteiger partial charge on any atom is 0.271 e. The highest BCUT2D eigenvalue weighted by Gasteiger charge is 2.14. The number of carbonyl (C=O) groups is 1. The van der Waals surface area contributed by atoms with Gasteiger partial charge in [0.2, 0.25) is 0 Å². The molecule has 0 saturated carbocycles. The van der Waals surface area contributed by atoms with Crippen molar-refractivity contribution in [1.82, 2.24) is 20.1 Å². The molecule has 24 heavy (non-hydrogen) atoms. The van der Waals surface area contributed by atoms with E-state index in [0.29, 0.717) is 28.7 Å². The standard InChI is InChI=1S/C16H14Cl2N4OS/c1-22-15(10-2-3-12(17)13(18)6-10)7-14(21-22)16(23)19-5-4-11-8-24-9-20-11/h2-3,6-9H,4-5H2,1H3,(H,19,23). The summed E-state index contributed by atoms with van der Waals surface area (Å²) in [6, 6.07) is 7.05. The summed E-state index contributed by atoms with van der Waals surface area (Å²) >= 11 is 13.5. The third-order valence-corrected chi connectivity index (χ3v) is 4.85. The Balaban J connectivity index is 1.70. The summed E-state index contributed by atoms with van der Waals surface area (Å²) in [5.74, 6) is -0.216. The molecule has 124 valence electrons. The molecule has 0 radical (unpaired) electrons. The summed E-state index contributed by atoms with van der Waals surface area (Å²) in [6.07, 6.45) is 0.696. The average molecular weight is 381 g/mol. The SMILES string of the molecule is Cn1nc(C(=O)NCCc2cscn2)cc1-c1ccc(Cl)c(Cl)c1. The highest BCUT2D eigenvalue weighted by Crippen LogP contribution is 2.28. The first-order valence-corrected chi connectivity index (χ1v) is 8.89. The molecule has 0 aliphatic heterocycles. The minimum absolute atomic E-state index is 0.216. The van der Waals surface area contributed by atoms with E-state index < -0.39 is 0 Å². The normalized spacial score (nSPS) is 10.8. The van der Waals surface area contributed by atoms with Gasteiger partial charge in [0.1, 0.15) is 0 Å². The molecule has 3 rings (SSSR count). The van der Waals surface area contributed by atoms with Crippen LogP contribution in [0.5, 0.6) is 0 Å². The fraction of sp³-hybridized carbons (Fsp3) is 0.188. The van der Waals surface area contributed by atoms with Crippen LogP contribution in [0.25, 0.3) is 11.3 Å². The van der Waals surface area contributed by atoms with E-state index in [1.54, 1.807) is 46.8 Å². The summed E-state index contributed by atoms with van der Waals surface area (Å²) < 4.78 is 1.65. The quantitative estimate of drug-likeness (QED) is 0.731. The van der Waals surface area contributed by atoms with E-state index >= 15 is 0 Å². The number of carbonyl (C=O) groups excluding carboxylic acids is 1. The van der Waals surface area contributed by atoms with Gasteiger partial charge in [-0.2, -0.15) is 5.10 Å². The molecule has 5 nitrogen and oxygen atoms in total. The summed E-state index contributed by atoms with van der Waals surface area (Å²) in [4.78, 5) is 16.4. The number of thiazole rings is 1. The number of rotatable bonds is 5. The molecule has 0 saturated heterocycles. The van der Waals surface area contributed by atoms with Crippen molar-refractivity contribution in [2.75, 3.05) is 6.54 Å². The smallest absolute Gasteiger partial charge is 0.271 e. The third-order valence-electron chi connectivity index (χ3n) is 3.48. The zero-order valence-electron chi connectivity index (χ0n) is 12.8. The Morgan fingerprint density at radius 3 is 2.83 bits per heavy atom. The molecule has 2 aromatic heterocycles. The summed E-state index contributed by atoms with van der Waals surface area (Å²) in [6.45, 7) is 0.515. The first-order valence-electron chi connectivity index (χ1n) is 7.19. The molecule has 1 N–H and O–H groups in total. The van der Waals surface area contributed by atoms with Crippen LogP contribution in [0.1, 0.15) is 16.2 Å². The topological polar surface area (TPSA) is 59.8 Å². The lowest BCUT2D eigenvalue weighted by Crippen LogP contribution is -2.26. The molecule has 0 unspecified atom stereocenters. The Morgan fingerprint density at radius 1 is 1.29 bits per heavy atom. The van der Waals surface area contributed by atoms with Gasteiger partial charge in [0, 0.05) is 31.0 Å². The average Bonchev–Trinajstić information content (AvgIpc) is 3.20. The van der Waals surface area contributed by atoms with Gasteiger partial charge in [-0.1, -0.05) is 29.3 Å². The van der Waals surface area contributed by atoms with E-state index in [9.17, 15) is 4.79 Å². The third kappa shape index (κ3) is 3.77. The number of hydrogen-bond donors (Lipinski definition) is 1. The predicted octanol–water partition coefficient (Wildman–Crippen LogP) is 3.82. The minimum atomic E-state index is -0.216. The number of halogens is 2. The van der Waals surface area contributed by atoms with Crippen molar-refractivity contribution < 1.29 is 4.79 Å².